The maximum atomic E-state index is 10.4. The van der Waals surface area contributed by atoms with Crippen molar-refractivity contribution in [1.82, 2.24) is 0 Å². The molecule has 0 unspecified atom stereocenters. The standard InChI is InChI=1S/C20H40O4S.Na/c1-2-3-4-5-6-7-8-9-10-11-12-13-14-15-16-17-18-24-19-20-25(21,22)23;/h9-10H,2-8,11-20H2,1H3,(H,21,22,23);/q;+1/p-1. The normalized spacial score (nSPS) is 11.8. The molecule has 6 heteroatoms. The Morgan fingerprint density at radius 3 is 1.69 bits per heavy atom. The number of hydrogen-bond acceptors (Lipinski definition) is 4. The van der Waals surface area contributed by atoms with E-state index < -0.39 is 15.9 Å². The first-order valence-electron chi connectivity index (χ1n) is 10.2. The van der Waals surface area contributed by atoms with Gasteiger partial charge in [0.2, 0.25) is 0 Å². The Kier molecular flexibility index (Phi) is 24.3. The second-order valence-electron chi connectivity index (χ2n) is 6.81. The second-order valence-corrected chi connectivity index (χ2v) is 8.34. The first-order valence-corrected chi connectivity index (χ1v) is 11.8. The van der Waals surface area contributed by atoms with Crippen molar-refractivity contribution in [3.8, 4) is 0 Å². The molecule has 0 aromatic rings. The Balaban J connectivity index is 0. The van der Waals surface area contributed by atoms with Gasteiger partial charge >= 0.3 is 29.6 Å². The zero-order chi connectivity index (χ0) is 18.6. The Hall–Kier alpha value is 0.610. The first-order chi connectivity index (χ1) is 12.1. The average Bonchev–Trinajstić information content (AvgIpc) is 2.56. The monoisotopic (exact) mass is 398 g/mol. The second kappa shape index (κ2) is 21.9. The fourth-order valence-electron chi connectivity index (χ4n) is 2.71. The van der Waals surface area contributed by atoms with Crippen molar-refractivity contribution in [2.24, 2.45) is 0 Å². The SMILES string of the molecule is CCCCCCCCC=CCCCCCCCCOCCS(=O)(=O)[O-].[Na+]. The molecule has 0 spiro atoms. The van der Waals surface area contributed by atoms with Gasteiger partial charge in [-0.1, -0.05) is 76.9 Å². The molecule has 0 aliphatic carbocycles. The van der Waals surface area contributed by atoms with Gasteiger partial charge in [0.1, 0.15) is 0 Å². The van der Waals surface area contributed by atoms with E-state index in [1.165, 1.54) is 77.0 Å². The van der Waals surface area contributed by atoms with Crippen LogP contribution in [0, 0.1) is 0 Å². The molecule has 0 aliphatic rings. The van der Waals surface area contributed by atoms with Crippen molar-refractivity contribution in [2.45, 2.75) is 96.8 Å². The van der Waals surface area contributed by atoms with Crippen molar-refractivity contribution in [3.63, 3.8) is 0 Å². The molecule has 0 saturated heterocycles. The largest absolute Gasteiger partial charge is 1.00 e. The zero-order valence-corrected chi connectivity index (χ0v) is 20.0. The van der Waals surface area contributed by atoms with Crippen LogP contribution in [0.1, 0.15) is 96.8 Å². The van der Waals surface area contributed by atoms with Crippen LogP contribution in [0.15, 0.2) is 12.2 Å². The van der Waals surface area contributed by atoms with E-state index in [0.717, 1.165) is 12.8 Å². The Morgan fingerprint density at radius 1 is 0.731 bits per heavy atom. The summed E-state index contributed by atoms with van der Waals surface area (Å²) in [6.07, 6.45) is 22.4. The fraction of sp³-hybridized carbons (Fsp3) is 0.900. The van der Waals surface area contributed by atoms with Crippen LogP contribution in [0.25, 0.3) is 0 Å². The molecule has 0 rings (SSSR count). The molecular weight excluding hydrogens is 359 g/mol. The topological polar surface area (TPSA) is 66.4 Å². The molecular formula is C20H39NaO4S. The van der Waals surface area contributed by atoms with Crippen molar-refractivity contribution in [1.29, 1.82) is 0 Å². The summed E-state index contributed by atoms with van der Waals surface area (Å²) in [6.45, 7) is 2.83. The molecule has 0 fully saturated rings. The van der Waals surface area contributed by atoms with Gasteiger partial charge in [-0.15, -0.1) is 0 Å². The number of hydrogen-bond donors (Lipinski definition) is 0. The molecule has 0 N–H and O–H groups in total. The van der Waals surface area contributed by atoms with Crippen LogP contribution in [-0.4, -0.2) is 31.9 Å². The molecule has 0 amide bonds. The summed E-state index contributed by atoms with van der Waals surface area (Å²) in [5.74, 6) is -0.417. The van der Waals surface area contributed by atoms with E-state index in [1.807, 2.05) is 0 Å². The molecule has 0 aromatic carbocycles. The average molecular weight is 399 g/mol. The number of unbranched alkanes of at least 4 members (excludes halogenated alkanes) is 12. The van der Waals surface area contributed by atoms with Gasteiger partial charge in [-0.2, -0.15) is 0 Å². The molecule has 4 nitrogen and oxygen atoms in total. The van der Waals surface area contributed by atoms with Gasteiger partial charge < -0.3 is 9.29 Å². The summed E-state index contributed by atoms with van der Waals surface area (Å²) in [5, 5.41) is 0. The first kappa shape index (κ1) is 28.8. The predicted molar refractivity (Wildman–Crippen MR) is 105 cm³/mol. The van der Waals surface area contributed by atoms with Crippen LogP contribution in [0.5, 0.6) is 0 Å². The summed E-state index contributed by atoms with van der Waals surface area (Å²) >= 11 is 0. The summed E-state index contributed by atoms with van der Waals surface area (Å²) in [6, 6.07) is 0. The molecule has 150 valence electrons. The third-order valence-electron chi connectivity index (χ3n) is 4.28. The minimum Gasteiger partial charge on any atom is -0.748 e. The molecule has 0 atom stereocenters. The summed E-state index contributed by atoms with van der Waals surface area (Å²) < 4.78 is 36.3. The van der Waals surface area contributed by atoms with E-state index in [1.54, 1.807) is 0 Å². The van der Waals surface area contributed by atoms with Crippen LogP contribution >= 0.6 is 0 Å². The van der Waals surface area contributed by atoms with Crippen LogP contribution in [0.4, 0.5) is 0 Å². The molecule has 0 aliphatic heterocycles. The van der Waals surface area contributed by atoms with Crippen LogP contribution in [0.2, 0.25) is 0 Å². The van der Waals surface area contributed by atoms with E-state index in [9.17, 15) is 13.0 Å². The Bertz CT molecular complexity index is 397. The fourth-order valence-corrected chi connectivity index (χ4v) is 3.04. The minimum atomic E-state index is -4.13. The van der Waals surface area contributed by atoms with Gasteiger partial charge in [-0.25, -0.2) is 8.42 Å². The maximum absolute atomic E-state index is 10.4. The molecule has 0 heterocycles. The van der Waals surface area contributed by atoms with Crippen molar-refractivity contribution in [2.75, 3.05) is 19.0 Å². The summed E-state index contributed by atoms with van der Waals surface area (Å²) in [4.78, 5) is 0. The van der Waals surface area contributed by atoms with E-state index in [0.29, 0.717) is 6.61 Å². The maximum Gasteiger partial charge on any atom is 1.00 e. The Morgan fingerprint density at radius 2 is 1.19 bits per heavy atom. The van der Waals surface area contributed by atoms with Crippen LogP contribution < -0.4 is 29.6 Å². The van der Waals surface area contributed by atoms with E-state index >= 15 is 0 Å². The van der Waals surface area contributed by atoms with Crippen LogP contribution in [0.3, 0.4) is 0 Å². The molecule has 0 saturated carbocycles. The quantitative estimate of drug-likeness (QED) is 0.145. The number of rotatable bonds is 19. The smallest absolute Gasteiger partial charge is 0.748 e. The summed E-state index contributed by atoms with van der Waals surface area (Å²) in [7, 11) is -4.13. The Labute approximate surface area is 184 Å². The van der Waals surface area contributed by atoms with Gasteiger partial charge in [0, 0.05) is 6.61 Å². The number of ether oxygens (including phenoxy) is 1. The van der Waals surface area contributed by atoms with E-state index in [-0.39, 0.29) is 36.2 Å². The van der Waals surface area contributed by atoms with E-state index in [4.69, 9.17) is 4.74 Å². The van der Waals surface area contributed by atoms with Gasteiger partial charge in [0.15, 0.2) is 0 Å². The van der Waals surface area contributed by atoms with Crippen LogP contribution in [-0.2, 0) is 14.9 Å². The van der Waals surface area contributed by atoms with Crippen molar-refractivity contribution in [3.05, 3.63) is 12.2 Å². The van der Waals surface area contributed by atoms with Gasteiger partial charge in [0.05, 0.1) is 22.5 Å². The van der Waals surface area contributed by atoms with Crippen molar-refractivity contribution >= 4 is 10.1 Å². The van der Waals surface area contributed by atoms with Gasteiger partial charge in [-0.05, 0) is 32.1 Å². The third-order valence-corrected chi connectivity index (χ3v) is 4.94. The minimum absolute atomic E-state index is 0. The molecule has 0 bridgehead atoms. The predicted octanol–water partition coefficient (Wildman–Crippen LogP) is 2.59. The third kappa shape index (κ3) is 26.8. The zero-order valence-electron chi connectivity index (χ0n) is 17.2. The van der Waals surface area contributed by atoms with Gasteiger partial charge in [-0.3, -0.25) is 0 Å². The van der Waals surface area contributed by atoms with Crippen molar-refractivity contribution < 1.29 is 47.3 Å². The van der Waals surface area contributed by atoms with E-state index in [2.05, 4.69) is 19.1 Å². The molecule has 26 heavy (non-hydrogen) atoms. The summed E-state index contributed by atoms with van der Waals surface area (Å²) in [5.41, 5.74) is 0. The molecule has 0 aromatic heterocycles. The van der Waals surface area contributed by atoms with Gasteiger partial charge in [0.25, 0.3) is 0 Å². The molecule has 0 radical (unpaired) electrons. The number of allylic oxidation sites excluding steroid dienone is 2.